The van der Waals surface area contributed by atoms with E-state index in [1.165, 1.54) is 17.5 Å². The van der Waals surface area contributed by atoms with Crippen LogP contribution in [0.1, 0.15) is 39.0 Å². The average molecular weight is 308 g/mol. The monoisotopic (exact) mass is 308 g/mol. The number of aryl methyl sites for hydroxylation is 3. The highest BCUT2D eigenvalue weighted by Gasteiger charge is 2.12. The molecule has 0 atom stereocenters. The van der Waals surface area contributed by atoms with Gasteiger partial charge >= 0.3 is 0 Å². The van der Waals surface area contributed by atoms with E-state index in [1.54, 1.807) is 12.1 Å². The fourth-order valence-corrected chi connectivity index (χ4v) is 2.87. The molecule has 0 saturated heterocycles. The van der Waals surface area contributed by atoms with Gasteiger partial charge in [0.15, 0.2) is 0 Å². The SMILES string of the molecule is Cc1ccc(C(=O)NNC(=O)Cc2ccc3c(c2)CCC3)cc1. The van der Waals surface area contributed by atoms with Gasteiger partial charge in [-0.1, -0.05) is 35.9 Å². The van der Waals surface area contributed by atoms with Crippen molar-refractivity contribution in [2.45, 2.75) is 32.6 Å². The van der Waals surface area contributed by atoms with E-state index in [1.807, 2.05) is 25.1 Å². The van der Waals surface area contributed by atoms with E-state index in [0.717, 1.165) is 24.0 Å². The van der Waals surface area contributed by atoms with Crippen LogP contribution in [0.2, 0.25) is 0 Å². The minimum Gasteiger partial charge on any atom is -0.273 e. The Balaban J connectivity index is 1.53. The van der Waals surface area contributed by atoms with Crippen molar-refractivity contribution in [3.05, 3.63) is 70.3 Å². The van der Waals surface area contributed by atoms with Crippen LogP contribution in [0.15, 0.2) is 42.5 Å². The second-order valence-electron chi connectivity index (χ2n) is 6.00. The minimum absolute atomic E-state index is 0.219. The van der Waals surface area contributed by atoms with Crippen molar-refractivity contribution >= 4 is 11.8 Å². The van der Waals surface area contributed by atoms with Crippen molar-refractivity contribution in [1.29, 1.82) is 0 Å². The number of amides is 2. The summed E-state index contributed by atoms with van der Waals surface area (Å²) in [6.07, 6.45) is 3.68. The topological polar surface area (TPSA) is 58.2 Å². The summed E-state index contributed by atoms with van der Waals surface area (Å²) >= 11 is 0. The molecule has 4 heteroatoms. The molecular weight excluding hydrogens is 288 g/mol. The van der Waals surface area contributed by atoms with Crippen LogP contribution in [-0.2, 0) is 24.1 Å². The van der Waals surface area contributed by atoms with Gasteiger partial charge in [-0.2, -0.15) is 0 Å². The molecular formula is C19H20N2O2. The largest absolute Gasteiger partial charge is 0.273 e. The lowest BCUT2D eigenvalue weighted by atomic mass is 10.0. The summed E-state index contributed by atoms with van der Waals surface area (Å²) in [5.74, 6) is -0.532. The van der Waals surface area contributed by atoms with Gasteiger partial charge in [0.2, 0.25) is 5.91 Å². The zero-order valence-electron chi connectivity index (χ0n) is 13.2. The van der Waals surface area contributed by atoms with Crippen molar-refractivity contribution in [2.24, 2.45) is 0 Å². The molecule has 0 radical (unpaired) electrons. The molecule has 0 fully saturated rings. The highest BCUT2D eigenvalue weighted by atomic mass is 16.2. The maximum absolute atomic E-state index is 12.0. The molecule has 23 heavy (non-hydrogen) atoms. The van der Waals surface area contributed by atoms with Gasteiger partial charge in [-0.3, -0.25) is 20.4 Å². The Morgan fingerprint density at radius 2 is 1.70 bits per heavy atom. The quantitative estimate of drug-likeness (QED) is 0.856. The van der Waals surface area contributed by atoms with Gasteiger partial charge in [0.25, 0.3) is 5.91 Å². The van der Waals surface area contributed by atoms with Crippen LogP contribution < -0.4 is 10.9 Å². The second-order valence-corrected chi connectivity index (χ2v) is 6.00. The summed E-state index contributed by atoms with van der Waals surface area (Å²) in [4.78, 5) is 23.9. The van der Waals surface area contributed by atoms with Crippen molar-refractivity contribution in [2.75, 3.05) is 0 Å². The van der Waals surface area contributed by atoms with E-state index in [2.05, 4.69) is 23.0 Å². The van der Waals surface area contributed by atoms with Gasteiger partial charge in [0, 0.05) is 5.56 Å². The highest BCUT2D eigenvalue weighted by molar-refractivity contribution is 5.95. The van der Waals surface area contributed by atoms with Crippen LogP contribution in [0.25, 0.3) is 0 Å². The number of carbonyl (C=O) groups excluding carboxylic acids is 2. The lowest BCUT2D eigenvalue weighted by Crippen LogP contribution is -2.42. The number of fused-ring (bicyclic) bond motifs is 1. The van der Waals surface area contributed by atoms with Crippen LogP contribution in [-0.4, -0.2) is 11.8 Å². The van der Waals surface area contributed by atoms with Crippen molar-refractivity contribution in [3.63, 3.8) is 0 Å². The Kier molecular flexibility index (Phi) is 4.42. The lowest BCUT2D eigenvalue weighted by molar-refractivity contribution is -0.121. The second kappa shape index (κ2) is 6.65. The van der Waals surface area contributed by atoms with Crippen molar-refractivity contribution in [1.82, 2.24) is 10.9 Å². The predicted octanol–water partition coefficient (Wildman–Crippen LogP) is 2.49. The Hall–Kier alpha value is -2.62. The molecule has 118 valence electrons. The van der Waals surface area contributed by atoms with E-state index < -0.39 is 0 Å². The van der Waals surface area contributed by atoms with Gasteiger partial charge in [0.1, 0.15) is 0 Å². The van der Waals surface area contributed by atoms with Gasteiger partial charge in [0.05, 0.1) is 6.42 Å². The lowest BCUT2D eigenvalue weighted by Gasteiger charge is -2.08. The molecule has 1 aliphatic carbocycles. The fourth-order valence-electron chi connectivity index (χ4n) is 2.87. The summed E-state index contributed by atoms with van der Waals surface area (Å²) in [7, 11) is 0. The first-order valence-corrected chi connectivity index (χ1v) is 7.88. The predicted molar refractivity (Wildman–Crippen MR) is 89.0 cm³/mol. The summed E-state index contributed by atoms with van der Waals surface area (Å²) in [5.41, 5.74) is 10.2. The number of carbonyl (C=O) groups is 2. The smallest absolute Gasteiger partial charge is 0.269 e. The molecule has 4 nitrogen and oxygen atoms in total. The van der Waals surface area contributed by atoms with E-state index in [4.69, 9.17) is 0 Å². The van der Waals surface area contributed by atoms with E-state index >= 15 is 0 Å². The van der Waals surface area contributed by atoms with Gasteiger partial charge in [-0.15, -0.1) is 0 Å². The van der Waals surface area contributed by atoms with Crippen molar-refractivity contribution in [3.8, 4) is 0 Å². The normalized spacial score (nSPS) is 12.6. The molecule has 0 bridgehead atoms. The molecule has 2 N–H and O–H groups in total. The summed E-state index contributed by atoms with van der Waals surface area (Å²) in [6, 6.07) is 13.4. The van der Waals surface area contributed by atoms with E-state index in [9.17, 15) is 9.59 Å². The van der Waals surface area contributed by atoms with E-state index in [0.29, 0.717) is 5.56 Å². The van der Waals surface area contributed by atoms with E-state index in [-0.39, 0.29) is 18.2 Å². The third kappa shape index (κ3) is 3.77. The molecule has 0 aliphatic heterocycles. The number of benzene rings is 2. The Labute approximate surface area is 135 Å². The number of hydrogen-bond acceptors (Lipinski definition) is 2. The van der Waals surface area contributed by atoms with Gasteiger partial charge < -0.3 is 0 Å². The Morgan fingerprint density at radius 3 is 2.48 bits per heavy atom. The van der Waals surface area contributed by atoms with Gasteiger partial charge in [-0.25, -0.2) is 0 Å². The van der Waals surface area contributed by atoms with Crippen LogP contribution in [0.4, 0.5) is 0 Å². The molecule has 0 unspecified atom stereocenters. The number of hydrogen-bond donors (Lipinski definition) is 2. The first kappa shape index (κ1) is 15.3. The Morgan fingerprint density at radius 1 is 0.957 bits per heavy atom. The highest BCUT2D eigenvalue weighted by Crippen LogP contribution is 2.22. The Bertz CT molecular complexity index is 736. The third-order valence-corrected chi connectivity index (χ3v) is 4.16. The summed E-state index contributed by atoms with van der Waals surface area (Å²) in [5, 5.41) is 0. The van der Waals surface area contributed by atoms with Crippen molar-refractivity contribution < 1.29 is 9.59 Å². The molecule has 2 aromatic carbocycles. The summed E-state index contributed by atoms with van der Waals surface area (Å²) < 4.78 is 0. The zero-order valence-corrected chi connectivity index (χ0v) is 13.2. The molecule has 1 aliphatic rings. The zero-order chi connectivity index (χ0) is 16.2. The molecule has 3 rings (SSSR count). The first-order valence-electron chi connectivity index (χ1n) is 7.88. The average Bonchev–Trinajstić information content (AvgIpc) is 3.01. The molecule has 2 aromatic rings. The molecule has 0 heterocycles. The molecule has 0 aromatic heterocycles. The van der Waals surface area contributed by atoms with Gasteiger partial charge in [-0.05, 0) is 55.0 Å². The minimum atomic E-state index is -0.313. The third-order valence-electron chi connectivity index (χ3n) is 4.16. The first-order chi connectivity index (χ1) is 11.1. The van der Waals surface area contributed by atoms with Crippen LogP contribution in [0.3, 0.4) is 0 Å². The maximum atomic E-state index is 12.0. The number of nitrogens with one attached hydrogen (secondary N) is 2. The molecule has 0 saturated carbocycles. The molecule has 0 spiro atoms. The standard InChI is InChI=1S/C19H20N2O2/c1-13-5-8-16(9-6-13)19(23)21-20-18(22)12-14-7-10-15-3-2-4-17(15)11-14/h5-11H,2-4,12H2,1H3,(H,20,22)(H,21,23). The summed E-state index contributed by atoms with van der Waals surface area (Å²) in [6.45, 7) is 1.96. The number of hydrazine groups is 1. The molecule has 2 amide bonds. The van der Waals surface area contributed by atoms with Crippen LogP contribution >= 0.6 is 0 Å². The van der Waals surface area contributed by atoms with Crippen LogP contribution in [0, 0.1) is 6.92 Å². The fraction of sp³-hybridized carbons (Fsp3) is 0.263. The van der Waals surface area contributed by atoms with Crippen LogP contribution in [0.5, 0.6) is 0 Å². The number of rotatable bonds is 3. The maximum Gasteiger partial charge on any atom is 0.269 e.